The van der Waals surface area contributed by atoms with E-state index in [-0.39, 0.29) is 0 Å². The van der Waals surface area contributed by atoms with E-state index in [0.29, 0.717) is 0 Å². The molecule has 0 spiro atoms. The van der Waals surface area contributed by atoms with Gasteiger partial charge in [-0.1, -0.05) is 13.3 Å². The van der Waals surface area contributed by atoms with Gasteiger partial charge in [-0.3, -0.25) is 0 Å². The number of nitrogen functional groups attached to an aromatic ring is 2. The minimum absolute atomic E-state index is 0.732. The van der Waals surface area contributed by atoms with Crippen molar-refractivity contribution in [2.45, 2.75) is 19.8 Å². The van der Waals surface area contributed by atoms with Crippen LogP contribution in [0.25, 0.3) is 6.08 Å². The first-order chi connectivity index (χ1) is 7.54. The lowest BCUT2D eigenvalue weighted by Crippen LogP contribution is -2.02. The van der Waals surface area contributed by atoms with E-state index < -0.39 is 0 Å². The smallest absolute Gasteiger partial charge is 0.0409 e. The third-order valence-corrected chi connectivity index (χ3v) is 2.42. The van der Waals surface area contributed by atoms with Gasteiger partial charge in [0, 0.05) is 25.5 Å². The monoisotopic (exact) mass is 219 g/mol. The second-order valence-corrected chi connectivity index (χ2v) is 4.21. The lowest BCUT2D eigenvalue weighted by atomic mass is 10.0. The first-order valence-corrected chi connectivity index (χ1v) is 5.57. The van der Waals surface area contributed by atoms with Gasteiger partial charge in [0.15, 0.2) is 0 Å². The third kappa shape index (κ3) is 3.19. The first kappa shape index (κ1) is 12.4. The Kier molecular flexibility index (Phi) is 4.23. The Bertz CT molecular complexity index is 381. The van der Waals surface area contributed by atoms with Crippen LogP contribution in [0.1, 0.15) is 24.5 Å². The summed E-state index contributed by atoms with van der Waals surface area (Å²) in [6.45, 7) is 2.14. The van der Waals surface area contributed by atoms with Crippen LogP contribution in [0.4, 0.5) is 11.4 Å². The summed E-state index contributed by atoms with van der Waals surface area (Å²) in [6, 6.07) is 3.93. The zero-order valence-corrected chi connectivity index (χ0v) is 10.3. The molecule has 0 radical (unpaired) electrons. The second kappa shape index (κ2) is 5.45. The maximum absolute atomic E-state index is 5.92. The molecule has 1 aromatic rings. The van der Waals surface area contributed by atoms with Gasteiger partial charge in [-0.25, -0.2) is 0 Å². The maximum atomic E-state index is 5.92. The Morgan fingerprint density at radius 2 is 1.88 bits per heavy atom. The minimum Gasteiger partial charge on any atom is -0.398 e. The highest BCUT2D eigenvalue weighted by atomic mass is 15.0. The summed E-state index contributed by atoms with van der Waals surface area (Å²) >= 11 is 0. The van der Waals surface area contributed by atoms with Gasteiger partial charge in [-0.05, 0) is 42.0 Å². The fourth-order valence-electron chi connectivity index (χ4n) is 1.56. The van der Waals surface area contributed by atoms with Gasteiger partial charge in [0.05, 0.1) is 0 Å². The molecule has 3 nitrogen and oxygen atoms in total. The molecule has 1 aromatic carbocycles. The highest BCUT2D eigenvalue weighted by molar-refractivity contribution is 5.70. The van der Waals surface area contributed by atoms with Crippen LogP contribution in [0.5, 0.6) is 0 Å². The van der Waals surface area contributed by atoms with E-state index in [1.807, 2.05) is 37.3 Å². The lowest BCUT2D eigenvalue weighted by molar-refractivity contribution is 0.567. The topological polar surface area (TPSA) is 55.3 Å². The summed E-state index contributed by atoms with van der Waals surface area (Å²) in [5.74, 6) is 0. The predicted octanol–water partition coefficient (Wildman–Crippen LogP) is 2.34. The van der Waals surface area contributed by atoms with E-state index in [0.717, 1.165) is 29.8 Å². The van der Waals surface area contributed by atoms with Crippen molar-refractivity contribution < 1.29 is 0 Å². The molecule has 1 rings (SSSR count). The molecule has 0 fully saturated rings. The average molecular weight is 219 g/mol. The van der Waals surface area contributed by atoms with Crippen molar-refractivity contribution >= 4 is 17.5 Å². The van der Waals surface area contributed by atoms with Gasteiger partial charge >= 0.3 is 0 Å². The van der Waals surface area contributed by atoms with Gasteiger partial charge in [-0.2, -0.15) is 0 Å². The fraction of sp³-hybridized carbons (Fsp3) is 0.385. The first-order valence-electron chi connectivity index (χ1n) is 5.57. The Morgan fingerprint density at radius 3 is 2.44 bits per heavy atom. The Labute approximate surface area is 97.7 Å². The third-order valence-electron chi connectivity index (χ3n) is 2.42. The predicted molar refractivity (Wildman–Crippen MR) is 72.0 cm³/mol. The van der Waals surface area contributed by atoms with E-state index in [2.05, 4.69) is 13.0 Å². The summed E-state index contributed by atoms with van der Waals surface area (Å²) in [6.07, 6.45) is 6.07. The van der Waals surface area contributed by atoms with Crippen molar-refractivity contribution in [2.24, 2.45) is 0 Å². The summed E-state index contributed by atoms with van der Waals surface area (Å²) < 4.78 is 0. The zero-order chi connectivity index (χ0) is 12.1. The van der Waals surface area contributed by atoms with Crippen LogP contribution in [0, 0.1) is 0 Å². The molecule has 0 heterocycles. The zero-order valence-electron chi connectivity index (χ0n) is 10.3. The number of anilines is 2. The van der Waals surface area contributed by atoms with Gasteiger partial charge < -0.3 is 16.4 Å². The van der Waals surface area contributed by atoms with Crippen LogP contribution in [0.2, 0.25) is 0 Å². The number of hydrogen-bond acceptors (Lipinski definition) is 3. The molecular formula is C13H21N3. The largest absolute Gasteiger partial charge is 0.398 e. The van der Waals surface area contributed by atoms with E-state index in [4.69, 9.17) is 11.5 Å². The standard InChI is InChI=1S/C13H21N3/c1-4-5-10-8-11(6-7-16(2)3)13(15)9-12(10)14/h6-9H,4-5,14-15H2,1-3H3/b7-6+. The number of aryl methyl sites for hydroxylation is 1. The molecule has 0 atom stereocenters. The fourth-order valence-corrected chi connectivity index (χ4v) is 1.56. The summed E-state index contributed by atoms with van der Waals surface area (Å²) in [5, 5.41) is 0. The number of nitrogens with zero attached hydrogens (tertiary/aromatic N) is 1. The minimum atomic E-state index is 0.732. The van der Waals surface area contributed by atoms with Crippen LogP contribution in [0.3, 0.4) is 0 Å². The normalized spacial score (nSPS) is 10.9. The molecule has 0 aromatic heterocycles. The molecule has 0 saturated heterocycles. The quantitative estimate of drug-likeness (QED) is 0.764. The lowest BCUT2D eigenvalue weighted by Gasteiger charge is -2.10. The van der Waals surface area contributed by atoms with Crippen LogP contribution in [-0.4, -0.2) is 19.0 Å². The molecular weight excluding hydrogens is 198 g/mol. The van der Waals surface area contributed by atoms with E-state index >= 15 is 0 Å². The second-order valence-electron chi connectivity index (χ2n) is 4.21. The number of nitrogens with two attached hydrogens (primary N) is 2. The van der Waals surface area contributed by atoms with Crippen LogP contribution in [-0.2, 0) is 6.42 Å². The van der Waals surface area contributed by atoms with Crippen LogP contribution >= 0.6 is 0 Å². The summed E-state index contributed by atoms with van der Waals surface area (Å²) in [7, 11) is 3.97. The van der Waals surface area contributed by atoms with Gasteiger partial charge in [0.1, 0.15) is 0 Å². The van der Waals surface area contributed by atoms with E-state index in [9.17, 15) is 0 Å². The van der Waals surface area contributed by atoms with Crippen molar-refractivity contribution in [1.82, 2.24) is 4.90 Å². The molecule has 0 bridgehead atoms. The Morgan fingerprint density at radius 1 is 1.19 bits per heavy atom. The molecule has 88 valence electrons. The van der Waals surface area contributed by atoms with E-state index in [1.54, 1.807) is 0 Å². The van der Waals surface area contributed by atoms with Crippen LogP contribution < -0.4 is 11.5 Å². The molecule has 3 heteroatoms. The molecule has 0 aliphatic heterocycles. The van der Waals surface area contributed by atoms with Crippen molar-refractivity contribution in [3.63, 3.8) is 0 Å². The molecule has 0 amide bonds. The molecule has 16 heavy (non-hydrogen) atoms. The molecule has 0 aliphatic carbocycles. The van der Waals surface area contributed by atoms with Crippen molar-refractivity contribution in [3.8, 4) is 0 Å². The number of rotatable bonds is 4. The van der Waals surface area contributed by atoms with Gasteiger partial charge in [-0.15, -0.1) is 0 Å². The summed E-state index contributed by atoms with van der Waals surface area (Å²) in [4.78, 5) is 1.98. The van der Waals surface area contributed by atoms with Crippen molar-refractivity contribution in [3.05, 3.63) is 29.5 Å². The molecule has 0 saturated carbocycles. The van der Waals surface area contributed by atoms with Gasteiger partial charge in [0.25, 0.3) is 0 Å². The molecule has 0 aliphatic rings. The maximum Gasteiger partial charge on any atom is 0.0409 e. The molecule has 4 N–H and O–H groups in total. The van der Waals surface area contributed by atoms with Crippen LogP contribution in [0.15, 0.2) is 18.3 Å². The highest BCUT2D eigenvalue weighted by Gasteiger charge is 2.03. The van der Waals surface area contributed by atoms with E-state index in [1.165, 1.54) is 5.56 Å². The van der Waals surface area contributed by atoms with Crippen molar-refractivity contribution in [1.29, 1.82) is 0 Å². The molecule has 0 unspecified atom stereocenters. The summed E-state index contributed by atoms with van der Waals surface area (Å²) in [5.41, 5.74) is 15.6. The van der Waals surface area contributed by atoms with Gasteiger partial charge in [0.2, 0.25) is 0 Å². The number of hydrogen-bond donors (Lipinski definition) is 2. The average Bonchev–Trinajstić information content (AvgIpc) is 2.20. The number of benzene rings is 1. The SMILES string of the molecule is CCCc1cc(/C=C/N(C)C)c(N)cc1N. The van der Waals surface area contributed by atoms with Crippen molar-refractivity contribution in [2.75, 3.05) is 25.6 Å². The Balaban J connectivity index is 3.04. The highest BCUT2D eigenvalue weighted by Crippen LogP contribution is 2.23. The Hall–Kier alpha value is -1.64.